The van der Waals surface area contributed by atoms with E-state index in [1.54, 1.807) is 30.6 Å². The maximum absolute atomic E-state index is 14.3. The Kier molecular flexibility index (Phi) is 2.66. The first-order valence-corrected chi connectivity index (χ1v) is 5.85. The van der Waals surface area contributed by atoms with Crippen LogP contribution in [-0.2, 0) is 4.79 Å². The number of aliphatic imine (C=N–C) groups is 1. The van der Waals surface area contributed by atoms with E-state index >= 15 is 0 Å². The average Bonchev–Trinajstić information content (AvgIpc) is 2.41. The maximum atomic E-state index is 14.3. The molecule has 0 radical (unpaired) electrons. The highest BCUT2D eigenvalue weighted by molar-refractivity contribution is 5.97. The molecule has 3 rings (SSSR count). The lowest BCUT2D eigenvalue weighted by Gasteiger charge is -2.34. The van der Waals surface area contributed by atoms with Crippen molar-refractivity contribution in [3.63, 3.8) is 0 Å². The van der Waals surface area contributed by atoms with Gasteiger partial charge >= 0.3 is 6.03 Å². The minimum atomic E-state index is -0.645. The van der Waals surface area contributed by atoms with Crippen molar-refractivity contribution in [1.82, 2.24) is 15.1 Å². The van der Waals surface area contributed by atoms with Crippen molar-refractivity contribution < 1.29 is 14.0 Å². The van der Waals surface area contributed by atoms with Crippen molar-refractivity contribution in [2.24, 2.45) is 4.99 Å². The Morgan fingerprint density at radius 1 is 1.37 bits per heavy atom. The molecular weight excluding hydrogens is 251 g/mol. The van der Waals surface area contributed by atoms with Gasteiger partial charge in [0.05, 0.1) is 6.04 Å². The van der Waals surface area contributed by atoms with Gasteiger partial charge in [-0.05, 0) is 6.08 Å². The van der Waals surface area contributed by atoms with E-state index in [-0.39, 0.29) is 30.7 Å². The number of amides is 3. The van der Waals surface area contributed by atoms with Gasteiger partial charge in [-0.2, -0.15) is 4.39 Å². The van der Waals surface area contributed by atoms with Crippen LogP contribution in [0.1, 0.15) is 6.42 Å². The summed E-state index contributed by atoms with van der Waals surface area (Å²) in [5.41, 5.74) is 0. The van der Waals surface area contributed by atoms with Crippen molar-refractivity contribution in [3.05, 3.63) is 36.2 Å². The number of carbonyl (C=O) groups excluding carboxylic acids is 2. The van der Waals surface area contributed by atoms with Crippen LogP contribution in [-0.4, -0.2) is 40.5 Å². The number of fused-ring (bicyclic) bond motifs is 1. The molecule has 3 amide bonds. The molecule has 0 bridgehead atoms. The number of imide groups is 1. The molecule has 1 unspecified atom stereocenters. The molecule has 0 aromatic carbocycles. The Morgan fingerprint density at radius 2 is 2.21 bits per heavy atom. The summed E-state index contributed by atoms with van der Waals surface area (Å²) in [6, 6.07) is -0.920. The first-order valence-electron chi connectivity index (χ1n) is 5.85. The molecule has 3 aliphatic rings. The minimum Gasteiger partial charge on any atom is -0.310 e. The third-order valence-corrected chi connectivity index (χ3v) is 3.06. The molecule has 7 heteroatoms. The van der Waals surface area contributed by atoms with Crippen molar-refractivity contribution in [3.8, 4) is 0 Å². The second kappa shape index (κ2) is 4.34. The fourth-order valence-corrected chi connectivity index (χ4v) is 2.09. The molecule has 6 nitrogen and oxygen atoms in total. The van der Waals surface area contributed by atoms with E-state index in [2.05, 4.69) is 10.3 Å². The van der Waals surface area contributed by atoms with E-state index in [9.17, 15) is 14.0 Å². The van der Waals surface area contributed by atoms with Crippen LogP contribution in [0.5, 0.6) is 0 Å². The van der Waals surface area contributed by atoms with Gasteiger partial charge in [-0.25, -0.2) is 9.79 Å². The first-order chi connectivity index (χ1) is 9.16. The van der Waals surface area contributed by atoms with Gasteiger partial charge in [0.25, 0.3) is 0 Å². The second-order valence-corrected chi connectivity index (χ2v) is 4.27. The number of urea groups is 1. The smallest absolute Gasteiger partial charge is 0.310 e. The number of allylic oxidation sites excluding steroid dienone is 2. The molecule has 0 aromatic rings. The summed E-state index contributed by atoms with van der Waals surface area (Å²) in [7, 11) is 0. The fourth-order valence-electron chi connectivity index (χ4n) is 2.09. The van der Waals surface area contributed by atoms with E-state index < -0.39 is 12.0 Å². The lowest BCUT2D eigenvalue weighted by Crippen LogP contribution is -2.50. The molecule has 1 fully saturated rings. The molecule has 3 aliphatic heterocycles. The van der Waals surface area contributed by atoms with Crippen molar-refractivity contribution in [1.29, 1.82) is 0 Å². The molecule has 0 spiro atoms. The van der Waals surface area contributed by atoms with Crippen LogP contribution < -0.4 is 5.32 Å². The van der Waals surface area contributed by atoms with Crippen LogP contribution in [0.4, 0.5) is 9.18 Å². The summed E-state index contributed by atoms with van der Waals surface area (Å²) < 4.78 is 14.3. The SMILES string of the molecule is O=C1CCN(C2=C(F)N3C=CC=CC3C=N2)C(=O)N1. The largest absolute Gasteiger partial charge is 0.329 e. The lowest BCUT2D eigenvalue weighted by molar-refractivity contribution is -0.121. The molecule has 0 saturated carbocycles. The highest BCUT2D eigenvalue weighted by atomic mass is 19.1. The van der Waals surface area contributed by atoms with Crippen LogP contribution in [0.2, 0.25) is 0 Å². The summed E-state index contributed by atoms with van der Waals surface area (Å²) >= 11 is 0. The van der Waals surface area contributed by atoms with Gasteiger partial charge < -0.3 is 4.90 Å². The third kappa shape index (κ3) is 1.92. The lowest BCUT2D eigenvalue weighted by atomic mass is 10.2. The van der Waals surface area contributed by atoms with Crippen molar-refractivity contribution in [2.75, 3.05) is 6.54 Å². The Bertz CT molecular complexity index is 564. The number of rotatable bonds is 1. The average molecular weight is 262 g/mol. The van der Waals surface area contributed by atoms with Gasteiger partial charge in [0.1, 0.15) is 0 Å². The third-order valence-electron chi connectivity index (χ3n) is 3.06. The van der Waals surface area contributed by atoms with Gasteiger partial charge in [-0.1, -0.05) is 12.2 Å². The fraction of sp³-hybridized carbons (Fsp3) is 0.250. The minimum absolute atomic E-state index is 0.0683. The quantitative estimate of drug-likeness (QED) is 0.713. The summed E-state index contributed by atoms with van der Waals surface area (Å²) in [5, 5.41) is 2.14. The van der Waals surface area contributed by atoms with E-state index in [0.717, 1.165) is 4.90 Å². The zero-order valence-electron chi connectivity index (χ0n) is 9.91. The second-order valence-electron chi connectivity index (χ2n) is 4.27. The number of carbonyl (C=O) groups is 2. The molecule has 0 aromatic heterocycles. The number of hydrogen-bond acceptors (Lipinski definition) is 4. The summed E-state index contributed by atoms with van der Waals surface area (Å²) in [5.74, 6) is -1.03. The van der Waals surface area contributed by atoms with Gasteiger partial charge in [-0.15, -0.1) is 0 Å². The number of halogens is 1. The van der Waals surface area contributed by atoms with Crippen LogP contribution in [0, 0.1) is 0 Å². The zero-order valence-corrected chi connectivity index (χ0v) is 9.91. The van der Waals surface area contributed by atoms with E-state index in [1.807, 2.05) is 0 Å². The topological polar surface area (TPSA) is 65.0 Å². The highest BCUT2D eigenvalue weighted by Gasteiger charge is 2.33. The molecule has 19 heavy (non-hydrogen) atoms. The van der Waals surface area contributed by atoms with Crippen molar-refractivity contribution >= 4 is 18.2 Å². The van der Waals surface area contributed by atoms with Crippen LogP contribution >= 0.6 is 0 Å². The highest BCUT2D eigenvalue weighted by Crippen LogP contribution is 2.26. The van der Waals surface area contributed by atoms with E-state index in [1.165, 1.54) is 4.90 Å². The normalized spacial score (nSPS) is 25.8. The van der Waals surface area contributed by atoms with Crippen LogP contribution in [0.15, 0.2) is 41.2 Å². The molecule has 3 heterocycles. The Balaban J connectivity index is 1.90. The Morgan fingerprint density at radius 3 is 3.00 bits per heavy atom. The molecule has 1 atom stereocenters. The predicted molar refractivity (Wildman–Crippen MR) is 65.4 cm³/mol. The number of hydrogen-bond donors (Lipinski definition) is 1. The van der Waals surface area contributed by atoms with Gasteiger partial charge in [0, 0.05) is 25.4 Å². The maximum Gasteiger partial charge on any atom is 0.329 e. The molecule has 98 valence electrons. The predicted octanol–water partition coefficient (Wildman–Crippen LogP) is 0.863. The van der Waals surface area contributed by atoms with Crippen LogP contribution in [0.25, 0.3) is 0 Å². The summed E-state index contributed by atoms with van der Waals surface area (Å²) in [6.45, 7) is 0.128. The number of nitrogens with one attached hydrogen (secondary N) is 1. The Labute approximate surface area is 108 Å². The zero-order chi connectivity index (χ0) is 13.4. The first kappa shape index (κ1) is 11.6. The standard InChI is InChI=1S/C12H11FN4O2/c13-10-11(17-6-4-9(18)15-12(17)19)14-7-8-3-1-2-5-16(8)10/h1-3,5,7-8H,4,6H2,(H,15,18,19). The molecule has 0 aliphatic carbocycles. The Hall–Kier alpha value is -2.44. The molecule has 1 N–H and O–H groups in total. The van der Waals surface area contributed by atoms with Gasteiger partial charge in [-0.3, -0.25) is 15.0 Å². The number of nitrogens with zero attached hydrogens (tertiary/aromatic N) is 3. The monoisotopic (exact) mass is 262 g/mol. The van der Waals surface area contributed by atoms with Crippen molar-refractivity contribution in [2.45, 2.75) is 12.5 Å². The van der Waals surface area contributed by atoms with E-state index in [4.69, 9.17) is 0 Å². The van der Waals surface area contributed by atoms with Gasteiger partial charge in [0.15, 0.2) is 5.82 Å². The van der Waals surface area contributed by atoms with Gasteiger partial charge in [0.2, 0.25) is 11.9 Å². The summed E-state index contributed by atoms with van der Waals surface area (Å²) in [4.78, 5) is 29.3. The molecular formula is C12H11FN4O2. The van der Waals surface area contributed by atoms with E-state index in [0.29, 0.717) is 0 Å². The summed E-state index contributed by atoms with van der Waals surface area (Å²) in [6.07, 6.45) is 8.57. The molecule has 1 saturated heterocycles. The van der Waals surface area contributed by atoms with Crippen LogP contribution in [0.3, 0.4) is 0 Å².